The lowest BCUT2D eigenvalue weighted by molar-refractivity contribution is -0.154. The molecule has 1 heterocycles. The lowest BCUT2D eigenvalue weighted by Gasteiger charge is -2.19. The number of thioether (sulfide) groups is 1. The Balaban J connectivity index is 1.94. The third-order valence-electron chi connectivity index (χ3n) is 3.10. The number of hydrogen-bond donors (Lipinski definition) is 1. The van der Waals surface area contributed by atoms with Crippen LogP contribution in [0, 0.1) is 6.92 Å². The minimum atomic E-state index is -0.454. The highest BCUT2D eigenvalue weighted by Gasteiger charge is 2.15. The fraction of sp³-hybridized carbons (Fsp3) is 0.471. The van der Waals surface area contributed by atoms with Crippen molar-refractivity contribution < 1.29 is 9.53 Å². The summed E-state index contributed by atoms with van der Waals surface area (Å²) in [6, 6.07) is 5.56. The number of esters is 1. The van der Waals surface area contributed by atoms with E-state index in [2.05, 4.69) is 9.97 Å². The van der Waals surface area contributed by atoms with Crippen LogP contribution in [0.2, 0.25) is 0 Å². The quantitative estimate of drug-likeness (QED) is 0.671. The number of hydrogen-bond acceptors (Lipinski definition) is 5. The molecule has 0 spiro atoms. The Morgan fingerprint density at radius 3 is 2.78 bits per heavy atom. The second-order valence-corrected chi connectivity index (χ2v) is 7.48. The molecule has 0 saturated heterocycles. The van der Waals surface area contributed by atoms with Crippen molar-refractivity contribution in [2.75, 3.05) is 5.75 Å². The van der Waals surface area contributed by atoms with Crippen LogP contribution in [0.1, 0.15) is 38.6 Å². The minimum Gasteiger partial charge on any atom is -0.460 e. The molecule has 0 aliphatic heterocycles. The standard InChI is InChI=1S/C17H22N2O3S/c1-11-6-5-7-12-15(11)18-13(19-16(12)21)10-23-9-8-14(20)22-17(2,3)4/h5-7H,8-10H2,1-4H3,(H,18,19,21). The Bertz CT molecular complexity index is 763. The van der Waals surface area contributed by atoms with Gasteiger partial charge >= 0.3 is 5.97 Å². The van der Waals surface area contributed by atoms with Gasteiger partial charge in [0.05, 0.1) is 23.1 Å². The third kappa shape index (κ3) is 5.10. The number of nitrogens with one attached hydrogen (secondary N) is 1. The highest BCUT2D eigenvalue weighted by molar-refractivity contribution is 7.98. The van der Waals surface area contributed by atoms with Crippen molar-refractivity contribution in [3.8, 4) is 0 Å². The van der Waals surface area contributed by atoms with Crippen molar-refractivity contribution in [3.05, 3.63) is 39.9 Å². The van der Waals surface area contributed by atoms with E-state index in [9.17, 15) is 9.59 Å². The van der Waals surface area contributed by atoms with E-state index in [1.54, 1.807) is 17.8 Å². The molecule has 0 aliphatic carbocycles. The molecule has 0 bridgehead atoms. The molecular formula is C17H22N2O3S. The van der Waals surface area contributed by atoms with Crippen LogP contribution >= 0.6 is 11.8 Å². The average Bonchev–Trinajstić information content (AvgIpc) is 2.43. The van der Waals surface area contributed by atoms with Crippen molar-refractivity contribution in [2.45, 2.75) is 45.5 Å². The largest absolute Gasteiger partial charge is 0.460 e. The average molecular weight is 334 g/mol. The molecule has 0 radical (unpaired) electrons. The SMILES string of the molecule is Cc1cccc2c(=O)[nH]c(CSCCC(=O)OC(C)(C)C)nc12. The fourth-order valence-electron chi connectivity index (χ4n) is 2.14. The van der Waals surface area contributed by atoms with Crippen molar-refractivity contribution in [1.29, 1.82) is 0 Å². The number of fused-ring (bicyclic) bond motifs is 1. The van der Waals surface area contributed by atoms with Crippen LogP contribution < -0.4 is 5.56 Å². The third-order valence-corrected chi connectivity index (χ3v) is 4.07. The highest BCUT2D eigenvalue weighted by atomic mass is 32.2. The maximum atomic E-state index is 12.1. The normalized spacial score (nSPS) is 11.7. The zero-order valence-corrected chi connectivity index (χ0v) is 14.8. The predicted octanol–water partition coefficient (Wildman–Crippen LogP) is 3.20. The summed E-state index contributed by atoms with van der Waals surface area (Å²) in [7, 11) is 0. The topological polar surface area (TPSA) is 72.0 Å². The van der Waals surface area contributed by atoms with Gasteiger partial charge in [-0.3, -0.25) is 9.59 Å². The summed E-state index contributed by atoms with van der Waals surface area (Å²) in [5.74, 6) is 1.61. The molecule has 2 aromatic rings. The van der Waals surface area contributed by atoms with Crippen molar-refractivity contribution in [1.82, 2.24) is 9.97 Å². The molecule has 2 rings (SSSR count). The first kappa shape index (κ1) is 17.5. The molecule has 1 N–H and O–H groups in total. The molecule has 0 amide bonds. The Kier molecular flexibility index (Phi) is 5.46. The maximum absolute atomic E-state index is 12.1. The van der Waals surface area contributed by atoms with Gasteiger partial charge in [-0.2, -0.15) is 11.8 Å². The van der Waals surface area contributed by atoms with Crippen LogP contribution in [-0.2, 0) is 15.3 Å². The summed E-state index contributed by atoms with van der Waals surface area (Å²) in [5, 5.41) is 0.604. The molecule has 124 valence electrons. The Morgan fingerprint density at radius 2 is 2.09 bits per heavy atom. The first-order valence-electron chi connectivity index (χ1n) is 7.54. The lowest BCUT2D eigenvalue weighted by Crippen LogP contribution is -2.24. The van der Waals surface area contributed by atoms with Gasteiger partial charge in [0, 0.05) is 5.75 Å². The van der Waals surface area contributed by atoms with Gasteiger partial charge in [-0.15, -0.1) is 0 Å². The van der Waals surface area contributed by atoms with E-state index in [0.29, 0.717) is 29.1 Å². The van der Waals surface area contributed by atoms with Crippen LogP contribution in [-0.4, -0.2) is 27.3 Å². The fourth-order valence-corrected chi connectivity index (χ4v) is 2.92. The van der Waals surface area contributed by atoms with E-state index >= 15 is 0 Å². The number of rotatable bonds is 5. The molecule has 6 heteroatoms. The zero-order chi connectivity index (χ0) is 17.0. The Morgan fingerprint density at radius 1 is 1.35 bits per heavy atom. The molecule has 5 nitrogen and oxygen atoms in total. The van der Waals surface area contributed by atoms with Gasteiger partial charge in [0.2, 0.25) is 0 Å². The first-order valence-corrected chi connectivity index (χ1v) is 8.70. The molecule has 0 aliphatic rings. The van der Waals surface area contributed by atoms with Gasteiger partial charge in [0.25, 0.3) is 5.56 Å². The van der Waals surface area contributed by atoms with E-state index in [4.69, 9.17) is 4.74 Å². The van der Waals surface area contributed by atoms with Crippen LogP contribution in [0.4, 0.5) is 0 Å². The number of H-pyrrole nitrogens is 1. The molecule has 0 saturated carbocycles. The number of ether oxygens (including phenoxy) is 1. The Labute approximate surface area is 139 Å². The zero-order valence-electron chi connectivity index (χ0n) is 13.9. The van der Waals surface area contributed by atoms with Gasteiger partial charge in [-0.1, -0.05) is 12.1 Å². The van der Waals surface area contributed by atoms with E-state index in [1.165, 1.54) is 0 Å². The summed E-state index contributed by atoms with van der Waals surface area (Å²) in [6.45, 7) is 7.49. The number of benzene rings is 1. The van der Waals surface area contributed by atoms with E-state index < -0.39 is 5.60 Å². The van der Waals surface area contributed by atoms with Crippen LogP contribution in [0.15, 0.2) is 23.0 Å². The monoisotopic (exact) mass is 334 g/mol. The number of aromatic amines is 1. The molecular weight excluding hydrogens is 312 g/mol. The van der Waals surface area contributed by atoms with E-state index in [1.807, 2.05) is 39.8 Å². The summed E-state index contributed by atoms with van der Waals surface area (Å²) in [5.41, 5.74) is 1.14. The number of aryl methyl sites for hydroxylation is 1. The smallest absolute Gasteiger partial charge is 0.307 e. The van der Waals surface area contributed by atoms with Gasteiger partial charge in [0.15, 0.2) is 0 Å². The van der Waals surface area contributed by atoms with Crippen molar-refractivity contribution in [3.63, 3.8) is 0 Å². The van der Waals surface area contributed by atoms with Crippen molar-refractivity contribution >= 4 is 28.6 Å². The number of carbonyl (C=O) groups excluding carboxylic acids is 1. The van der Waals surface area contributed by atoms with Gasteiger partial charge in [-0.25, -0.2) is 4.98 Å². The van der Waals surface area contributed by atoms with Gasteiger partial charge < -0.3 is 9.72 Å². The second kappa shape index (κ2) is 7.17. The van der Waals surface area contributed by atoms with Gasteiger partial charge in [0.1, 0.15) is 11.4 Å². The highest BCUT2D eigenvalue weighted by Crippen LogP contribution is 2.16. The predicted molar refractivity (Wildman–Crippen MR) is 93.7 cm³/mol. The van der Waals surface area contributed by atoms with E-state index in [0.717, 1.165) is 11.1 Å². The number of aromatic nitrogens is 2. The van der Waals surface area contributed by atoms with Crippen LogP contribution in [0.3, 0.4) is 0 Å². The summed E-state index contributed by atoms with van der Waals surface area (Å²) < 4.78 is 5.26. The maximum Gasteiger partial charge on any atom is 0.307 e. The van der Waals surface area contributed by atoms with E-state index in [-0.39, 0.29) is 11.5 Å². The molecule has 0 unspecified atom stereocenters. The molecule has 0 fully saturated rings. The summed E-state index contributed by atoms with van der Waals surface area (Å²) in [4.78, 5) is 31.0. The molecule has 0 atom stereocenters. The lowest BCUT2D eigenvalue weighted by atomic mass is 10.1. The number of nitrogens with zero attached hydrogens (tertiary/aromatic N) is 1. The molecule has 1 aromatic carbocycles. The molecule has 23 heavy (non-hydrogen) atoms. The number of para-hydroxylation sites is 1. The second-order valence-electron chi connectivity index (χ2n) is 6.37. The van der Waals surface area contributed by atoms with Crippen LogP contribution in [0.5, 0.6) is 0 Å². The van der Waals surface area contributed by atoms with Crippen LogP contribution in [0.25, 0.3) is 10.9 Å². The Hall–Kier alpha value is -1.82. The summed E-state index contributed by atoms with van der Waals surface area (Å²) >= 11 is 1.55. The molecule has 1 aromatic heterocycles. The minimum absolute atomic E-state index is 0.124. The van der Waals surface area contributed by atoms with Crippen molar-refractivity contribution in [2.24, 2.45) is 0 Å². The summed E-state index contributed by atoms with van der Waals surface area (Å²) in [6.07, 6.45) is 0.346. The van der Waals surface area contributed by atoms with Gasteiger partial charge in [-0.05, 0) is 39.3 Å². The number of carbonyl (C=O) groups is 1. The first-order chi connectivity index (χ1) is 10.8.